The molecule has 0 aliphatic carbocycles. The first-order chi connectivity index (χ1) is 7.70. The van der Waals surface area contributed by atoms with Crippen molar-refractivity contribution in [3.8, 4) is 0 Å². The van der Waals surface area contributed by atoms with Gasteiger partial charge in [0.05, 0.1) is 6.20 Å². The topological polar surface area (TPSA) is 45.1 Å². The number of nitrogens with one attached hydrogen (secondary N) is 1. The second-order valence-electron chi connectivity index (χ2n) is 4.31. The number of aliphatic hydroxyl groups excluding tert-OH is 1. The minimum Gasteiger partial charge on any atom is -0.384 e. The van der Waals surface area contributed by atoms with Crippen LogP contribution in [-0.2, 0) is 0 Å². The zero-order valence-electron chi connectivity index (χ0n) is 9.32. The summed E-state index contributed by atoms with van der Waals surface area (Å²) >= 11 is 7.19. The van der Waals surface area contributed by atoms with Crippen LogP contribution in [0.2, 0.25) is 4.34 Å². The monoisotopic (exact) mass is 260 g/mol. The van der Waals surface area contributed by atoms with E-state index in [0.29, 0.717) is 4.34 Å². The van der Waals surface area contributed by atoms with Crippen molar-refractivity contribution in [2.24, 2.45) is 5.92 Å². The van der Waals surface area contributed by atoms with Crippen LogP contribution in [0, 0.1) is 5.92 Å². The SMILES string of the molecule is CCC1CCNC(C(O)c2ncc(Cl)s2)C1. The summed E-state index contributed by atoms with van der Waals surface area (Å²) in [4.78, 5) is 4.14. The van der Waals surface area contributed by atoms with Gasteiger partial charge in [-0.15, -0.1) is 11.3 Å². The lowest BCUT2D eigenvalue weighted by molar-refractivity contribution is 0.0976. The van der Waals surface area contributed by atoms with Gasteiger partial charge in [0.15, 0.2) is 0 Å². The molecular weight excluding hydrogens is 244 g/mol. The highest BCUT2D eigenvalue weighted by molar-refractivity contribution is 7.15. The molecule has 0 bridgehead atoms. The van der Waals surface area contributed by atoms with Crippen molar-refractivity contribution in [1.29, 1.82) is 0 Å². The van der Waals surface area contributed by atoms with E-state index in [0.717, 1.165) is 23.9 Å². The number of nitrogens with zero attached hydrogens (tertiary/aromatic N) is 1. The molecular formula is C11H17ClN2OS. The van der Waals surface area contributed by atoms with Gasteiger partial charge < -0.3 is 10.4 Å². The molecule has 0 amide bonds. The normalized spacial score (nSPS) is 27.9. The Morgan fingerprint density at radius 1 is 1.75 bits per heavy atom. The van der Waals surface area contributed by atoms with Crippen LogP contribution in [0.15, 0.2) is 6.20 Å². The molecule has 3 atom stereocenters. The molecule has 2 N–H and O–H groups in total. The Kier molecular flexibility index (Phi) is 4.19. The predicted octanol–water partition coefficient (Wildman–Crippen LogP) is 2.61. The Labute approximate surface area is 105 Å². The summed E-state index contributed by atoms with van der Waals surface area (Å²) in [6.45, 7) is 3.19. The van der Waals surface area contributed by atoms with Crippen molar-refractivity contribution in [2.75, 3.05) is 6.54 Å². The molecule has 0 aromatic carbocycles. The molecule has 3 unspecified atom stereocenters. The molecule has 2 heterocycles. The van der Waals surface area contributed by atoms with Gasteiger partial charge in [-0.05, 0) is 25.3 Å². The van der Waals surface area contributed by atoms with Gasteiger partial charge in [-0.25, -0.2) is 4.98 Å². The third kappa shape index (κ3) is 2.74. The number of thiazole rings is 1. The van der Waals surface area contributed by atoms with E-state index in [1.54, 1.807) is 6.20 Å². The summed E-state index contributed by atoms with van der Waals surface area (Å²) in [6, 6.07) is 0.126. The number of aliphatic hydroxyl groups is 1. The zero-order chi connectivity index (χ0) is 11.5. The fourth-order valence-corrected chi connectivity index (χ4v) is 3.20. The van der Waals surface area contributed by atoms with Crippen molar-refractivity contribution in [3.63, 3.8) is 0 Å². The smallest absolute Gasteiger partial charge is 0.124 e. The van der Waals surface area contributed by atoms with Crippen LogP contribution in [0.25, 0.3) is 0 Å². The average Bonchev–Trinajstić information content (AvgIpc) is 2.75. The Balaban J connectivity index is 2.01. The summed E-state index contributed by atoms with van der Waals surface area (Å²) in [7, 11) is 0. The standard InChI is InChI=1S/C11H17ClN2OS/c1-2-7-3-4-13-8(5-7)10(15)11-14-6-9(12)16-11/h6-8,10,13,15H,2-5H2,1H3. The Morgan fingerprint density at radius 3 is 3.19 bits per heavy atom. The molecule has 90 valence electrons. The van der Waals surface area contributed by atoms with E-state index in [9.17, 15) is 5.11 Å². The van der Waals surface area contributed by atoms with Crippen LogP contribution in [-0.4, -0.2) is 22.7 Å². The minimum atomic E-state index is -0.521. The van der Waals surface area contributed by atoms with Crippen LogP contribution < -0.4 is 5.32 Å². The van der Waals surface area contributed by atoms with Gasteiger partial charge >= 0.3 is 0 Å². The first-order valence-corrected chi connectivity index (χ1v) is 6.92. The lowest BCUT2D eigenvalue weighted by Gasteiger charge is -2.32. The van der Waals surface area contributed by atoms with Gasteiger partial charge in [-0.2, -0.15) is 0 Å². The van der Waals surface area contributed by atoms with Gasteiger partial charge in [0, 0.05) is 6.04 Å². The second-order valence-corrected chi connectivity index (χ2v) is 6.00. The largest absolute Gasteiger partial charge is 0.384 e. The van der Waals surface area contributed by atoms with Crippen molar-refractivity contribution in [1.82, 2.24) is 10.3 Å². The molecule has 1 fully saturated rings. The molecule has 16 heavy (non-hydrogen) atoms. The van der Waals surface area contributed by atoms with Gasteiger partial charge in [0.1, 0.15) is 15.4 Å². The van der Waals surface area contributed by atoms with Gasteiger partial charge in [0.25, 0.3) is 0 Å². The van der Waals surface area contributed by atoms with Crippen LogP contribution in [0.3, 0.4) is 0 Å². The minimum absolute atomic E-state index is 0.126. The van der Waals surface area contributed by atoms with E-state index in [1.807, 2.05) is 0 Å². The number of hydrogen-bond acceptors (Lipinski definition) is 4. The Hall–Kier alpha value is -0.160. The number of piperidine rings is 1. The molecule has 1 aliphatic rings. The maximum atomic E-state index is 10.2. The summed E-state index contributed by atoms with van der Waals surface area (Å²) in [5, 5.41) is 14.3. The molecule has 1 aromatic heterocycles. The predicted molar refractivity (Wildman–Crippen MR) is 66.9 cm³/mol. The molecule has 1 aliphatic heterocycles. The van der Waals surface area contributed by atoms with E-state index in [-0.39, 0.29) is 6.04 Å². The molecule has 0 saturated carbocycles. The maximum absolute atomic E-state index is 10.2. The lowest BCUT2D eigenvalue weighted by atomic mass is 9.88. The second kappa shape index (κ2) is 5.45. The van der Waals surface area contributed by atoms with Gasteiger partial charge in [-0.3, -0.25) is 0 Å². The zero-order valence-corrected chi connectivity index (χ0v) is 10.9. The highest BCUT2D eigenvalue weighted by Gasteiger charge is 2.28. The molecule has 3 nitrogen and oxygen atoms in total. The van der Waals surface area contributed by atoms with E-state index < -0.39 is 6.10 Å². The molecule has 0 radical (unpaired) electrons. The fraction of sp³-hybridized carbons (Fsp3) is 0.727. The first kappa shape index (κ1) is 12.3. The van der Waals surface area contributed by atoms with Crippen molar-refractivity contribution in [3.05, 3.63) is 15.5 Å². The maximum Gasteiger partial charge on any atom is 0.124 e. The van der Waals surface area contributed by atoms with E-state index >= 15 is 0 Å². The third-order valence-electron chi connectivity index (χ3n) is 3.25. The van der Waals surface area contributed by atoms with Gasteiger partial charge in [0.2, 0.25) is 0 Å². The molecule has 1 saturated heterocycles. The first-order valence-electron chi connectivity index (χ1n) is 5.73. The van der Waals surface area contributed by atoms with Crippen molar-refractivity contribution < 1.29 is 5.11 Å². The molecule has 1 aromatic rings. The summed E-state index contributed by atoms with van der Waals surface area (Å²) in [5.74, 6) is 0.719. The van der Waals surface area contributed by atoms with Crippen molar-refractivity contribution in [2.45, 2.75) is 38.3 Å². The number of halogens is 1. The van der Waals surface area contributed by atoms with Crippen LogP contribution in [0.1, 0.15) is 37.3 Å². The number of hydrogen-bond donors (Lipinski definition) is 2. The van der Waals surface area contributed by atoms with Crippen LogP contribution >= 0.6 is 22.9 Å². The van der Waals surface area contributed by atoms with Crippen molar-refractivity contribution >= 4 is 22.9 Å². The quantitative estimate of drug-likeness (QED) is 0.878. The third-order valence-corrected chi connectivity index (χ3v) is 4.44. The van der Waals surface area contributed by atoms with E-state index in [1.165, 1.54) is 24.2 Å². The van der Waals surface area contributed by atoms with E-state index in [2.05, 4.69) is 17.2 Å². The summed E-state index contributed by atoms with van der Waals surface area (Å²) in [5.41, 5.74) is 0. The average molecular weight is 261 g/mol. The van der Waals surface area contributed by atoms with Gasteiger partial charge in [-0.1, -0.05) is 24.9 Å². The Morgan fingerprint density at radius 2 is 2.56 bits per heavy atom. The molecule has 5 heteroatoms. The molecule has 0 spiro atoms. The highest BCUT2D eigenvalue weighted by atomic mass is 35.5. The lowest BCUT2D eigenvalue weighted by Crippen LogP contribution is -2.42. The van der Waals surface area contributed by atoms with E-state index in [4.69, 9.17) is 11.6 Å². The number of rotatable bonds is 3. The van der Waals surface area contributed by atoms with Crippen LogP contribution in [0.4, 0.5) is 0 Å². The van der Waals surface area contributed by atoms with Crippen LogP contribution in [0.5, 0.6) is 0 Å². The number of aromatic nitrogens is 1. The molecule has 2 rings (SSSR count). The Bertz CT molecular complexity index is 344. The summed E-state index contributed by atoms with van der Waals surface area (Å²) in [6.07, 6.45) is 4.49. The summed E-state index contributed by atoms with van der Waals surface area (Å²) < 4.78 is 0.636. The fourth-order valence-electron chi connectivity index (χ4n) is 2.22. The highest BCUT2D eigenvalue weighted by Crippen LogP contribution is 2.30.